The highest BCUT2D eigenvalue weighted by Gasteiger charge is 2.38. The third-order valence-corrected chi connectivity index (χ3v) is 4.44. The minimum atomic E-state index is -0.442. The van der Waals surface area contributed by atoms with Gasteiger partial charge in [-0.2, -0.15) is 0 Å². The van der Waals surface area contributed by atoms with Crippen LogP contribution in [0.25, 0.3) is 0 Å². The van der Waals surface area contributed by atoms with Crippen LogP contribution in [0.3, 0.4) is 0 Å². The minimum absolute atomic E-state index is 0.345. The lowest BCUT2D eigenvalue weighted by molar-refractivity contribution is -0.0196. The van der Waals surface area contributed by atoms with Gasteiger partial charge in [-0.1, -0.05) is 13.3 Å². The highest BCUT2D eigenvalue weighted by atomic mass is 16.3. The Morgan fingerprint density at radius 2 is 2.12 bits per heavy atom. The molecule has 0 amide bonds. The maximum absolute atomic E-state index is 10.9. The van der Waals surface area contributed by atoms with Crippen molar-refractivity contribution in [2.45, 2.75) is 63.5 Å². The molecule has 0 saturated carbocycles. The Bertz CT molecular complexity index is 228. The Hall–Kier alpha value is -0.120. The first-order chi connectivity index (χ1) is 8.24. The fraction of sp³-hybridized carbons (Fsp3) is 1.00. The van der Waals surface area contributed by atoms with Gasteiger partial charge in [0.1, 0.15) is 0 Å². The largest absolute Gasteiger partial charge is 0.388 e. The van der Waals surface area contributed by atoms with Gasteiger partial charge in [0.05, 0.1) is 5.60 Å². The van der Waals surface area contributed by atoms with Crippen LogP contribution in [0.2, 0.25) is 0 Å². The van der Waals surface area contributed by atoms with Crippen molar-refractivity contribution in [3.05, 3.63) is 0 Å². The van der Waals surface area contributed by atoms with E-state index in [-0.39, 0.29) is 0 Å². The van der Waals surface area contributed by atoms with E-state index in [2.05, 4.69) is 17.1 Å². The van der Waals surface area contributed by atoms with E-state index in [1.165, 1.54) is 32.4 Å². The molecule has 17 heavy (non-hydrogen) atoms. The maximum atomic E-state index is 10.9. The molecular weight excluding hydrogens is 212 g/mol. The molecule has 0 aliphatic carbocycles. The number of hydrogen-bond acceptors (Lipinski definition) is 3. The number of aliphatic hydroxyl groups is 1. The van der Waals surface area contributed by atoms with E-state index in [0.29, 0.717) is 6.04 Å². The average Bonchev–Trinajstić information content (AvgIpc) is 2.55. The molecule has 2 saturated heterocycles. The molecule has 2 fully saturated rings. The minimum Gasteiger partial charge on any atom is -0.388 e. The van der Waals surface area contributed by atoms with E-state index in [1.54, 1.807) is 0 Å². The van der Waals surface area contributed by atoms with Crippen molar-refractivity contribution in [1.29, 1.82) is 0 Å². The predicted molar refractivity (Wildman–Crippen MR) is 71.2 cm³/mol. The molecule has 2 rings (SSSR count). The summed E-state index contributed by atoms with van der Waals surface area (Å²) in [6.07, 6.45) is 8.00. The highest BCUT2D eigenvalue weighted by Crippen LogP contribution is 2.29. The van der Waals surface area contributed by atoms with Gasteiger partial charge in [0, 0.05) is 12.6 Å². The van der Waals surface area contributed by atoms with Crippen molar-refractivity contribution < 1.29 is 5.11 Å². The van der Waals surface area contributed by atoms with Gasteiger partial charge < -0.3 is 15.3 Å². The van der Waals surface area contributed by atoms with E-state index in [1.807, 2.05) is 0 Å². The van der Waals surface area contributed by atoms with Crippen LogP contribution >= 0.6 is 0 Å². The van der Waals surface area contributed by atoms with Crippen molar-refractivity contribution >= 4 is 0 Å². The lowest BCUT2D eigenvalue weighted by atomic mass is 9.82. The summed E-state index contributed by atoms with van der Waals surface area (Å²) in [6.45, 7) is 6.75. The second-order valence-corrected chi connectivity index (χ2v) is 5.80. The molecule has 3 nitrogen and oxygen atoms in total. The van der Waals surface area contributed by atoms with E-state index >= 15 is 0 Å². The monoisotopic (exact) mass is 240 g/mol. The van der Waals surface area contributed by atoms with Crippen LogP contribution in [0.1, 0.15) is 51.9 Å². The highest BCUT2D eigenvalue weighted by molar-refractivity contribution is 4.95. The van der Waals surface area contributed by atoms with Gasteiger partial charge in [-0.15, -0.1) is 0 Å². The maximum Gasteiger partial charge on any atom is 0.0812 e. The summed E-state index contributed by atoms with van der Waals surface area (Å²) in [6, 6.07) is 0.345. The normalized spacial score (nSPS) is 36.7. The average molecular weight is 240 g/mol. The van der Waals surface area contributed by atoms with Crippen molar-refractivity contribution in [2.75, 3.05) is 26.2 Å². The SMILES string of the molecule is CCCN1CCCC(O)(C2CCCCN2)CC1. The lowest BCUT2D eigenvalue weighted by Crippen LogP contribution is -2.53. The van der Waals surface area contributed by atoms with Gasteiger partial charge >= 0.3 is 0 Å². The van der Waals surface area contributed by atoms with E-state index in [4.69, 9.17) is 0 Å². The summed E-state index contributed by atoms with van der Waals surface area (Å²) in [5, 5.41) is 14.4. The third-order valence-electron chi connectivity index (χ3n) is 4.44. The first-order valence-corrected chi connectivity index (χ1v) is 7.43. The Labute approximate surface area is 106 Å². The van der Waals surface area contributed by atoms with E-state index in [0.717, 1.165) is 38.8 Å². The van der Waals surface area contributed by atoms with Gasteiger partial charge in [-0.05, 0) is 58.2 Å². The number of piperidine rings is 1. The standard InChI is InChI=1S/C14H28N2O/c1-2-10-16-11-5-7-14(17,8-12-16)13-6-3-4-9-15-13/h13,15,17H,2-12H2,1H3. The van der Waals surface area contributed by atoms with Crippen LogP contribution in [-0.4, -0.2) is 47.8 Å². The molecule has 2 aliphatic rings. The van der Waals surface area contributed by atoms with Crippen LogP contribution in [0.15, 0.2) is 0 Å². The Balaban J connectivity index is 1.90. The van der Waals surface area contributed by atoms with Crippen LogP contribution in [0.5, 0.6) is 0 Å². The van der Waals surface area contributed by atoms with Gasteiger partial charge in [0.25, 0.3) is 0 Å². The summed E-state index contributed by atoms with van der Waals surface area (Å²) in [7, 11) is 0. The molecule has 0 bridgehead atoms. The number of likely N-dealkylation sites (tertiary alicyclic amines) is 1. The fourth-order valence-electron chi connectivity index (χ4n) is 3.40. The van der Waals surface area contributed by atoms with Crippen LogP contribution < -0.4 is 5.32 Å². The molecule has 0 aromatic rings. The quantitative estimate of drug-likeness (QED) is 0.789. The number of hydrogen-bond donors (Lipinski definition) is 2. The fourth-order valence-corrected chi connectivity index (χ4v) is 3.40. The zero-order valence-corrected chi connectivity index (χ0v) is 11.2. The first kappa shape index (κ1) is 13.3. The van der Waals surface area contributed by atoms with Gasteiger partial charge in [0.15, 0.2) is 0 Å². The summed E-state index contributed by atoms with van der Waals surface area (Å²) < 4.78 is 0. The van der Waals surface area contributed by atoms with Crippen LogP contribution in [-0.2, 0) is 0 Å². The molecule has 0 spiro atoms. The molecule has 0 radical (unpaired) electrons. The second kappa shape index (κ2) is 6.17. The third kappa shape index (κ3) is 3.43. The van der Waals surface area contributed by atoms with Crippen molar-refractivity contribution in [1.82, 2.24) is 10.2 Å². The van der Waals surface area contributed by atoms with E-state index < -0.39 is 5.60 Å². The van der Waals surface area contributed by atoms with Gasteiger partial charge in [0.2, 0.25) is 0 Å². The number of nitrogens with zero attached hydrogens (tertiary/aromatic N) is 1. The van der Waals surface area contributed by atoms with Gasteiger partial charge in [-0.25, -0.2) is 0 Å². The number of rotatable bonds is 3. The summed E-state index contributed by atoms with van der Waals surface area (Å²) in [4.78, 5) is 2.51. The molecule has 2 aliphatic heterocycles. The molecule has 2 unspecified atom stereocenters. The molecule has 100 valence electrons. The summed E-state index contributed by atoms with van der Waals surface area (Å²) >= 11 is 0. The van der Waals surface area contributed by atoms with Gasteiger partial charge in [-0.3, -0.25) is 0 Å². The first-order valence-electron chi connectivity index (χ1n) is 7.43. The number of nitrogens with one attached hydrogen (secondary N) is 1. The molecule has 2 N–H and O–H groups in total. The van der Waals surface area contributed by atoms with Crippen molar-refractivity contribution in [2.24, 2.45) is 0 Å². The summed E-state index contributed by atoms with van der Waals surface area (Å²) in [5.74, 6) is 0. The Morgan fingerprint density at radius 1 is 1.24 bits per heavy atom. The Kier molecular flexibility index (Phi) is 4.83. The summed E-state index contributed by atoms with van der Waals surface area (Å²) in [5.41, 5.74) is -0.442. The molecule has 2 heterocycles. The molecular formula is C14H28N2O. The predicted octanol–water partition coefficient (Wildman–Crippen LogP) is 1.76. The zero-order valence-electron chi connectivity index (χ0n) is 11.2. The van der Waals surface area contributed by atoms with Crippen LogP contribution in [0.4, 0.5) is 0 Å². The van der Waals surface area contributed by atoms with E-state index in [9.17, 15) is 5.11 Å². The topological polar surface area (TPSA) is 35.5 Å². The van der Waals surface area contributed by atoms with Crippen molar-refractivity contribution in [3.63, 3.8) is 0 Å². The molecule has 2 atom stereocenters. The smallest absolute Gasteiger partial charge is 0.0812 e. The van der Waals surface area contributed by atoms with Crippen molar-refractivity contribution in [3.8, 4) is 0 Å². The lowest BCUT2D eigenvalue weighted by Gasteiger charge is -2.38. The zero-order chi connectivity index (χ0) is 12.1. The molecule has 3 heteroatoms. The van der Waals surface area contributed by atoms with Crippen LogP contribution in [0, 0.1) is 0 Å². The molecule has 0 aromatic heterocycles. The Morgan fingerprint density at radius 3 is 2.82 bits per heavy atom. The molecule has 0 aromatic carbocycles. The second-order valence-electron chi connectivity index (χ2n) is 5.80.